The summed E-state index contributed by atoms with van der Waals surface area (Å²) in [4.78, 5) is 6.76. The maximum atomic E-state index is 12.3. The van der Waals surface area contributed by atoms with E-state index in [0.29, 0.717) is 23.5 Å². The average molecular weight is 304 g/mol. The number of para-hydroxylation sites is 1. The van der Waals surface area contributed by atoms with Crippen molar-refractivity contribution in [2.75, 3.05) is 11.3 Å². The Bertz CT molecular complexity index is 785. The van der Waals surface area contributed by atoms with Crippen LogP contribution >= 0.6 is 0 Å². The number of sulfonamides is 1. The van der Waals surface area contributed by atoms with Crippen molar-refractivity contribution in [3.05, 3.63) is 41.9 Å². The van der Waals surface area contributed by atoms with E-state index in [1.165, 1.54) is 6.20 Å². The number of aromatic amines is 1. The molecule has 0 aliphatic rings. The van der Waals surface area contributed by atoms with Gasteiger partial charge in [-0.3, -0.25) is 4.72 Å². The van der Waals surface area contributed by atoms with E-state index in [4.69, 9.17) is 5.73 Å². The molecule has 0 bridgehead atoms. The molecule has 6 nitrogen and oxygen atoms in total. The predicted molar refractivity (Wildman–Crippen MR) is 81.1 cm³/mol. The third-order valence-corrected chi connectivity index (χ3v) is 4.00. The Kier molecular flexibility index (Phi) is 4.62. The molecule has 1 heterocycles. The summed E-state index contributed by atoms with van der Waals surface area (Å²) in [6, 6.07) is 6.89. The standard InChI is InChI=1S/C14H16N4O2S/c1-2-13-16-10-14(17-13)21(19,20)18-12-8-4-3-6-11(12)7-5-9-15/h3-4,6,8,10,18H,2,9,15H2,1H3,(H,16,17). The van der Waals surface area contributed by atoms with Crippen LogP contribution in [0.5, 0.6) is 0 Å². The van der Waals surface area contributed by atoms with Crippen LogP contribution in [0.25, 0.3) is 0 Å². The Morgan fingerprint density at radius 2 is 2.14 bits per heavy atom. The van der Waals surface area contributed by atoms with Gasteiger partial charge >= 0.3 is 0 Å². The third kappa shape index (κ3) is 3.62. The largest absolute Gasteiger partial charge is 0.332 e. The lowest BCUT2D eigenvalue weighted by atomic mass is 10.2. The number of rotatable bonds is 4. The molecular weight excluding hydrogens is 288 g/mol. The van der Waals surface area contributed by atoms with Gasteiger partial charge in [0.25, 0.3) is 10.0 Å². The number of aromatic nitrogens is 2. The minimum absolute atomic E-state index is 0.0286. The van der Waals surface area contributed by atoms with Gasteiger partial charge in [-0.1, -0.05) is 30.9 Å². The first-order chi connectivity index (χ1) is 10.1. The number of anilines is 1. The van der Waals surface area contributed by atoms with Crippen molar-refractivity contribution in [1.29, 1.82) is 0 Å². The van der Waals surface area contributed by atoms with Crippen LogP contribution in [0.15, 0.2) is 35.5 Å². The second kappa shape index (κ2) is 6.43. The molecule has 1 aromatic carbocycles. The van der Waals surface area contributed by atoms with Crippen molar-refractivity contribution >= 4 is 15.7 Å². The number of nitrogens with one attached hydrogen (secondary N) is 2. The SMILES string of the molecule is CCc1ncc(S(=O)(=O)Nc2ccccc2C#CCN)[nH]1. The van der Waals surface area contributed by atoms with Crippen LogP contribution in [0.2, 0.25) is 0 Å². The number of nitrogens with zero attached hydrogens (tertiary/aromatic N) is 1. The average Bonchev–Trinajstić information content (AvgIpc) is 2.96. The fourth-order valence-electron chi connectivity index (χ4n) is 1.69. The highest BCUT2D eigenvalue weighted by Crippen LogP contribution is 2.18. The van der Waals surface area contributed by atoms with Crippen molar-refractivity contribution in [3.63, 3.8) is 0 Å². The smallest absolute Gasteiger partial charge is 0.279 e. The zero-order valence-corrected chi connectivity index (χ0v) is 12.4. The van der Waals surface area contributed by atoms with Gasteiger partial charge in [-0.2, -0.15) is 8.42 Å². The van der Waals surface area contributed by atoms with Gasteiger partial charge in [-0.15, -0.1) is 0 Å². The minimum Gasteiger partial charge on any atom is -0.332 e. The number of imidazole rings is 1. The molecule has 0 saturated heterocycles. The summed E-state index contributed by atoms with van der Waals surface area (Å²) in [6.45, 7) is 2.10. The molecule has 0 radical (unpaired) electrons. The van der Waals surface area contributed by atoms with Crippen molar-refractivity contribution in [2.24, 2.45) is 5.73 Å². The molecule has 7 heteroatoms. The third-order valence-electron chi connectivity index (χ3n) is 2.73. The lowest BCUT2D eigenvalue weighted by Gasteiger charge is -2.08. The number of nitrogens with two attached hydrogens (primary N) is 1. The molecule has 2 aromatic rings. The van der Waals surface area contributed by atoms with Crippen LogP contribution in [0.1, 0.15) is 18.3 Å². The van der Waals surface area contributed by atoms with Gasteiger partial charge in [0.2, 0.25) is 0 Å². The molecule has 21 heavy (non-hydrogen) atoms. The topological polar surface area (TPSA) is 101 Å². The number of H-pyrrole nitrogens is 1. The summed E-state index contributed by atoms with van der Waals surface area (Å²) in [7, 11) is -3.72. The molecule has 0 saturated carbocycles. The van der Waals surface area contributed by atoms with E-state index in [1.54, 1.807) is 24.3 Å². The number of aryl methyl sites for hydroxylation is 1. The first-order valence-corrected chi connectivity index (χ1v) is 7.90. The normalized spacial score (nSPS) is 10.8. The molecule has 0 aliphatic carbocycles. The summed E-state index contributed by atoms with van der Waals surface area (Å²) >= 11 is 0. The van der Waals surface area contributed by atoms with E-state index in [9.17, 15) is 8.42 Å². The van der Waals surface area contributed by atoms with Crippen molar-refractivity contribution < 1.29 is 8.42 Å². The molecule has 0 fully saturated rings. The molecule has 4 N–H and O–H groups in total. The molecule has 2 rings (SSSR count). The summed E-state index contributed by atoms with van der Waals surface area (Å²) in [5.41, 5.74) is 6.32. The van der Waals surface area contributed by atoms with Crippen LogP contribution in [-0.4, -0.2) is 24.9 Å². The fraction of sp³-hybridized carbons (Fsp3) is 0.214. The number of benzene rings is 1. The zero-order valence-electron chi connectivity index (χ0n) is 11.6. The summed E-state index contributed by atoms with van der Waals surface area (Å²) in [5.74, 6) is 6.16. The van der Waals surface area contributed by atoms with Gasteiger partial charge in [0, 0.05) is 12.0 Å². The van der Waals surface area contributed by atoms with Gasteiger partial charge in [-0.25, -0.2) is 4.98 Å². The first-order valence-electron chi connectivity index (χ1n) is 6.41. The van der Waals surface area contributed by atoms with E-state index < -0.39 is 10.0 Å². The van der Waals surface area contributed by atoms with Gasteiger partial charge in [-0.05, 0) is 12.1 Å². The maximum absolute atomic E-state index is 12.3. The monoisotopic (exact) mass is 304 g/mol. The van der Waals surface area contributed by atoms with Crippen molar-refractivity contribution in [1.82, 2.24) is 9.97 Å². The Balaban J connectivity index is 2.32. The van der Waals surface area contributed by atoms with Gasteiger partial charge in [0.05, 0.1) is 18.4 Å². The van der Waals surface area contributed by atoms with Crippen molar-refractivity contribution in [3.8, 4) is 11.8 Å². The Labute approximate surface area is 123 Å². The predicted octanol–water partition coefficient (Wildman–Crippen LogP) is 1.08. The highest BCUT2D eigenvalue weighted by molar-refractivity contribution is 7.92. The molecule has 0 spiro atoms. The van der Waals surface area contributed by atoms with Crippen LogP contribution in [0, 0.1) is 11.8 Å². The second-order valence-corrected chi connectivity index (χ2v) is 5.86. The quantitative estimate of drug-likeness (QED) is 0.736. The van der Waals surface area contributed by atoms with E-state index in [0.717, 1.165) is 0 Å². The maximum Gasteiger partial charge on any atom is 0.279 e. The molecule has 1 aromatic heterocycles. The van der Waals surface area contributed by atoms with Crippen LogP contribution in [-0.2, 0) is 16.4 Å². The highest BCUT2D eigenvalue weighted by atomic mass is 32.2. The lowest BCUT2D eigenvalue weighted by molar-refractivity contribution is 0.598. The first kappa shape index (κ1) is 15.1. The Morgan fingerprint density at radius 3 is 2.81 bits per heavy atom. The molecule has 0 unspecified atom stereocenters. The Morgan fingerprint density at radius 1 is 1.38 bits per heavy atom. The van der Waals surface area contributed by atoms with Crippen molar-refractivity contribution in [2.45, 2.75) is 18.4 Å². The molecule has 0 amide bonds. The molecular formula is C14H16N4O2S. The fourth-order valence-corrected chi connectivity index (χ4v) is 2.71. The van der Waals surface area contributed by atoms with E-state index in [2.05, 4.69) is 26.5 Å². The Hall–Kier alpha value is -2.30. The minimum atomic E-state index is -3.72. The van der Waals surface area contributed by atoms with Crippen LogP contribution in [0.4, 0.5) is 5.69 Å². The molecule has 110 valence electrons. The van der Waals surface area contributed by atoms with Gasteiger partial charge < -0.3 is 10.7 Å². The van der Waals surface area contributed by atoms with Crippen LogP contribution < -0.4 is 10.5 Å². The number of hydrogen-bond acceptors (Lipinski definition) is 4. The van der Waals surface area contributed by atoms with Gasteiger partial charge in [0.15, 0.2) is 5.03 Å². The van der Waals surface area contributed by atoms with E-state index in [-0.39, 0.29) is 11.6 Å². The highest BCUT2D eigenvalue weighted by Gasteiger charge is 2.18. The van der Waals surface area contributed by atoms with E-state index in [1.807, 2.05) is 6.92 Å². The molecule has 0 aliphatic heterocycles. The van der Waals surface area contributed by atoms with Gasteiger partial charge in [0.1, 0.15) is 5.82 Å². The zero-order chi connectivity index (χ0) is 15.3. The summed E-state index contributed by atoms with van der Waals surface area (Å²) in [5, 5.41) is 0.0286. The number of hydrogen-bond donors (Lipinski definition) is 3. The summed E-state index contributed by atoms with van der Waals surface area (Å²) < 4.78 is 27.1. The van der Waals surface area contributed by atoms with Crippen LogP contribution in [0.3, 0.4) is 0 Å². The lowest BCUT2D eigenvalue weighted by Crippen LogP contribution is -2.14. The molecule has 0 atom stereocenters. The summed E-state index contributed by atoms with van der Waals surface area (Å²) in [6.07, 6.45) is 1.93. The second-order valence-electron chi connectivity index (χ2n) is 4.20. The van der Waals surface area contributed by atoms with E-state index >= 15 is 0 Å².